The average molecular weight is 371 g/mol. The predicted octanol–water partition coefficient (Wildman–Crippen LogP) is 3.58. The first-order valence-electron chi connectivity index (χ1n) is 8.43. The van der Waals surface area contributed by atoms with Crippen molar-refractivity contribution in [2.45, 2.75) is 32.1 Å². The van der Waals surface area contributed by atoms with Gasteiger partial charge in [0.05, 0.1) is 5.69 Å². The monoisotopic (exact) mass is 371 g/mol. The van der Waals surface area contributed by atoms with E-state index in [1.807, 2.05) is 36.9 Å². The number of fused-ring (bicyclic) bond motifs is 1. The molecule has 136 valence electrons. The van der Waals surface area contributed by atoms with Gasteiger partial charge in [0.2, 0.25) is 0 Å². The Labute approximate surface area is 153 Å². The number of carbonyl (C=O) groups excluding carboxylic acids is 1. The van der Waals surface area contributed by atoms with E-state index in [-0.39, 0.29) is 16.4 Å². The highest BCUT2D eigenvalue weighted by Gasteiger charge is 2.29. The molecule has 0 spiro atoms. The smallest absolute Gasteiger partial charge is 0.286 e. The van der Waals surface area contributed by atoms with Crippen molar-refractivity contribution < 1.29 is 13.2 Å². The van der Waals surface area contributed by atoms with Gasteiger partial charge < -0.3 is 10.2 Å². The summed E-state index contributed by atoms with van der Waals surface area (Å²) < 4.78 is 28.8. The number of anilines is 2. The second kappa shape index (κ2) is 6.92. The first-order valence-corrected chi connectivity index (χ1v) is 9.87. The third-order valence-corrected chi connectivity index (χ3v) is 5.54. The summed E-state index contributed by atoms with van der Waals surface area (Å²) >= 11 is 0. The maximum atomic E-state index is 12.5. The lowest BCUT2D eigenvalue weighted by molar-refractivity contribution is 0.102. The minimum absolute atomic E-state index is 0.0634. The number of amides is 1. The quantitative estimate of drug-likeness (QED) is 0.891. The molecule has 1 aliphatic heterocycles. The van der Waals surface area contributed by atoms with Crippen LogP contribution in [0.3, 0.4) is 0 Å². The van der Waals surface area contributed by atoms with Gasteiger partial charge in [0.15, 0.2) is 0 Å². The number of aryl methyl sites for hydroxylation is 1. The normalized spacial score (nSPS) is 15.2. The molecule has 0 unspecified atom stereocenters. The van der Waals surface area contributed by atoms with E-state index in [9.17, 15) is 13.2 Å². The molecule has 1 heterocycles. The molecule has 0 aromatic heterocycles. The first-order chi connectivity index (χ1) is 12.3. The molecule has 0 saturated carbocycles. The molecular weight excluding hydrogens is 350 g/mol. The Morgan fingerprint density at radius 1 is 1.15 bits per heavy atom. The molecule has 1 amide bonds. The predicted molar refractivity (Wildman–Crippen MR) is 104 cm³/mol. The molecule has 26 heavy (non-hydrogen) atoms. The fourth-order valence-electron chi connectivity index (χ4n) is 2.96. The van der Waals surface area contributed by atoms with Crippen LogP contribution < -0.4 is 10.2 Å². The van der Waals surface area contributed by atoms with Gasteiger partial charge in [0, 0.05) is 17.8 Å². The van der Waals surface area contributed by atoms with Crippen LogP contribution in [0.25, 0.3) is 0 Å². The highest BCUT2D eigenvalue weighted by atomic mass is 32.2. The van der Waals surface area contributed by atoms with Crippen LogP contribution >= 0.6 is 0 Å². The number of sulfonamides is 1. The highest BCUT2D eigenvalue weighted by molar-refractivity contribution is 7.90. The third-order valence-electron chi connectivity index (χ3n) is 4.16. The molecule has 0 saturated heterocycles. The summed E-state index contributed by atoms with van der Waals surface area (Å²) in [4.78, 5) is 14.5. The minimum atomic E-state index is -3.81. The summed E-state index contributed by atoms with van der Waals surface area (Å²) in [6.45, 7) is 6.28. The van der Waals surface area contributed by atoms with E-state index in [1.165, 1.54) is 6.07 Å². The number of benzene rings is 2. The van der Waals surface area contributed by atoms with Crippen molar-refractivity contribution in [1.29, 1.82) is 0 Å². The van der Waals surface area contributed by atoms with Gasteiger partial charge in [-0.15, -0.1) is 4.40 Å². The summed E-state index contributed by atoms with van der Waals surface area (Å²) in [5, 5.41) is 2.80. The van der Waals surface area contributed by atoms with Crippen LogP contribution in [0.15, 0.2) is 51.8 Å². The van der Waals surface area contributed by atoms with E-state index >= 15 is 0 Å². The number of amidine groups is 1. The number of carbonyl (C=O) groups is 1. The average Bonchev–Trinajstić information content (AvgIpc) is 2.58. The number of hydrogen-bond donors (Lipinski definition) is 1. The molecule has 7 heteroatoms. The molecule has 0 bridgehead atoms. The van der Waals surface area contributed by atoms with Crippen LogP contribution in [0.5, 0.6) is 0 Å². The molecule has 3 rings (SSSR count). The number of rotatable bonds is 4. The third kappa shape index (κ3) is 3.48. The Morgan fingerprint density at radius 2 is 1.92 bits per heavy atom. The van der Waals surface area contributed by atoms with E-state index in [0.29, 0.717) is 23.8 Å². The van der Waals surface area contributed by atoms with Crippen molar-refractivity contribution in [3.8, 4) is 0 Å². The Morgan fingerprint density at radius 3 is 2.62 bits per heavy atom. The molecule has 0 atom stereocenters. The minimum Gasteiger partial charge on any atom is -0.328 e. The number of nitrogens with zero attached hydrogens (tertiary/aromatic N) is 2. The molecule has 6 nitrogen and oxygen atoms in total. The Balaban J connectivity index is 1.97. The molecule has 1 aliphatic rings. The van der Waals surface area contributed by atoms with Crippen molar-refractivity contribution in [1.82, 2.24) is 0 Å². The first kappa shape index (κ1) is 18.1. The van der Waals surface area contributed by atoms with Crippen molar-refractivity contribution in [3.63, 3.8) is 0 Å². The summed E-state index contributed by atoms with van der Waals surface area (Å²) in [6.07, 6.45) is 0.849. The number of hydrogen-bond acceptors (Lipinski definition) is 4. The fourth-order valence-corrected chi connectivity index (χ4v) is 4.23. The largest absolute Gasteiger partial charge is 0.328 e. The Hall–Kier alpha value is -2.67. The Bertz CT molecular complexity index is 997. The zero-order valence-corrected chi connectivity index (χ0v) is 15.8. The van der Waals surface area contributed by atoms with E-state index in [1.54, 1.807) is 25.1 Å². The summed E-state index contributed by atoms with van der Waals surface area (Å²) in [6, 6.07) is 12.1. The van der Waals surface area contributed by atoms with Gasteiger partial charge in [-0.25, -0.2) is 0 Å². The van der Waals surface area contributed by atoms with Crippen molar-refractivity contribution in [2.24, 2.45) is 4.40 Å². The zero-order valence-electron chi connectivity index (χ0n) is 15.0. The van der Waals surface area contributed by atoms with E-state index in [4.69, 9.17) is 0 Å². The standard InChI is InChI=1S/C19H21N3O3S/c1-4-10-22-14(3)21-26(24,25)18-12-15(8-9-17(18)22)19(23)20-16-7-5-6-13(2)11-16/h5-9,11-12H,4,10H2,1-3H3,(H,20,23). The van der Waals surface area contributed by atoms with Crippen molar-refractivity contribution >= 4 is 33.1 Å². The molecule has 1 N–H and O–H groups in total. The van der Waals surface area contributed by atoms with Crippen LogP contribution in [0.4, 0.5) is 11.4 Å². The Kier molecular flexibility index (Phi) is 4.82. The van der Waals surface area contributed by atoms with Gasteiger partial charge in [-0.1, -0.05) is 19.1 Å². The van der Waals surface area contributed by atoms with E-state index in [0.717, 1.165) is 12.0 Å². The second-order valence-corrected chi connectivity index (χ2v) is 7.84. The van der Waals surface area contributed by atoms with Crippen LogP contribution in [0.1, 0.15) is 36.2 Å². The van der Waals surface area contributed by atoms with Crippen LogP contribution in [0.2, 0.25) is 0 Å². The number of nitrogens with one attached hydrogen (secondary N) is 1. The van der Waals surface area contributed by atoms with Gasteiger partial charge in [0.1, 0.15) is 10.7 Å². The highest BCUT2D eigenvalue weighted by Crippen LogP contribution is 2.32. The van der Waals surface area contributed by atoms with Crippen LogP contribution in [-0.2, 0) is 10.0 Å². The zero-order chi connectivity index (χ0) is 18.9. The van der Waals surface area contributed by atoms with Gasteiger partial charge in [-0.2, -0.15) is 8.42 Å². The lowest BCUT2D eigenvalue weighted by Crippen LogP contribution is -2.34. The molecule has 0 fully saturated rings. The SMILES string of the molecule is CCCN1C(C)=NS(=O)(=O)c2cc(C(=O)Nc3cccc(C)c3)ccc21. The molecule has 0 radical (unpaired) electrons. The molecule has 2 aromatic rings. The van der Waals surface area contributed by atoms with Gasteiger partial charge in [-0.3, -0.25) is 4.79 Å². The molecule has 2 aromatic carbocycles. The van der Waals surface area contributed by atoms with Gasteiger partial charge in [-0.05, 0) is 56.2 Å². The van der Waals surface area contributed by atoms with Gasteiger partial charge >= 0.3 is 0 Å². The maximum Gasteiger partial charge on any atom is 0.286 e. The van der Waals surface area contributed by atoms with Crippen LogP contribution in [-0.4, -0.2) is 26.7 Å². The summed E-state index contributed by atoms with van der Waals surface area (Å²) in [5.41, 5.74) is 2.53. The summed E-state index contributed by atoms with van der Waals surface area (Å²) in [5.74, 6) is 0.0817. The fraction of sp³-hybridized carbons (Fsp3) is 0.263. The van der Waals surface area contributed by atoms with E-state index < -0.39 is 10.0 Å². The van der Waals surface area contributed by atoms with Crippen LogP contribution in [0, 0.1) is 6.92 Å². The van der Waals surface area contributed by atoms with Crippen molar-refractivity contribution in [3.05, 3.63) is 53.6 Å². The molecular formula is C19H21N3O3S. The topological polar surface area (TPSA) is 78.8 Å². The maximum absolute atomic E-state index is 12.5. The van der Waals surface area contributed by atoms with Crippen molar-refractivity contribution in [2.75, 3.05) is 16.8 Å². The lowest BCUT2D eigenvalue weighted by Gasteiger charge is -2.29. The molecule has 0 aliphatic carbocycles. The van der Waals surface area contributed by atoms with Gasteiger partial charge in [0.25, 0.3) is 15.9 Å². The summed E-state index contributed by atoms with van der Waals surface area (Å²) in [7, 11) is -3.81. The van der Waals surface area contributed by atoms with E-state index in [2.05, 4.69) is 9.71 Å². The second-order valence-electron chi connectivity index (χ2n) is 6.27. The lowest BCUT2D eigenvalue weighted by atomic mass is 10.1.